The molecule has 5 aromatic rings. The lowest BCUT2D eigenvalue weighted by Gasteiger charge is -2.26. The van der Waals surface area contributed by atoms with Crippen LogP contribution in [0.5, 0.6) is 5.75 Å². The molecular formula is C41H48N12O3S2. The molecular weight excluding hydrogens is 773 g/mol. The van der Waals surface area contributed by atoms with Gasteiger partial charge in [0.1, 0.15) is 17.4 Å². The molecule has 2 aliphatic carbocycles. The Balaban J connectivity index is 0.813. The van der Waals surface area contributed by atoms with Gasteiger partial charge in [0, 0.05) is 83.0 Å². The van der Waals surface area contributed by atoms with E-state index in [9.17, 15) is 9.59 Å². The van der Waals surface area contributed by atoms with Gasteiger partial charge in [0.05, 0.1) is 37.1 Å². The van der Waals surface area contributed by atoms with Crippen LogP contribution in [0, 0.1) is 0 Å². The van der Waals surface area contributed by atoms with Gasteiger partial charge in [-0.15, -0.1) is 23.5 Å². The first kappa shape index (κ1) is 39.4. The summed E-state index contributed by atoms with van der Waals surface area (Å²) in [6, 6.07) is 10.6. The van der Waals surface area contributed by atoms with Gasteiger partial charge in [-0.3, -0.25) is 14.2 Å². The summed E-state index contributed by atoms with van der Waals surface area (Å²) < 4.78 is 7.16. The molecule has 1 amide bonds. The highest BCUT2D eigenvalue weighted by Crippen LogP contribution is 2.29. The lowest BCUT2D eigenvalue weighted by molar-refractivity contribution is -0.119. The van der Waals surface area contributed by atoms with E-state index in [1.54, 1.807) is 60.5 Å². The van der Waals surface area contributed by atoms with E-state index in [4.69, 9.17) is 4.74 Å². The second-order valence-corrected chi connectivity index (χ2v) is 16.8. The minimum absolute atomic E-state index is 0.139. The average molecular weight is 821 g/mol. The van der Waals surface area contributed by atoms with Gasteiger partial charge >= 0.3 is 0 Å². The van der Waals surface area contributed by atoms with Crippen molar-refractivity contribution >= 4 is 58.7 Å². The van der Waals surface area contributed by atoms with Crippen LogP contribution < -0.4 is 36.5 Å². The summed E-state index contributed by atoms with van der Waals surface area (Å²) in [7, 11) is 1.60. The summed E-state index contributed by atoms with van der Waals surface area (Å²) in [6.45, 7) is 0.758. The number of amides is 1. The minimum atomic E-state index is -0.139. The monoisotopic (exact) mass is 820 g/mol. The zero-order valence-electron chi connectivity index (χ0n) is 32.6. The second-order valence-electron chi connectivity index (χ2n) is 14.9. The third kappa shape index (κ3) is 9.81. The van der Waals surface area contributed by atoms with Crippen molar-refractivity contribution in [3.63, 3.8) is 0 Å². The molecule has 6 heterocycles. The van der Waals surface area contributed by atoms with Crippen molar-refractivity contribution in [2.45, 2.75) is 97.5 Å². The highest BCUT2D eigenvalue weighted by molar-refractivity contribution is 7.98. The Morgan fingerprint density at radius 2 is 1.28 bits per heavy atom. The normalized spacial score (nSPS) is 20.5. The number of pyridine rings is 3. The van der Waals surface area contributed by atoms with Crippen molar-refractivity contribution in [3.8, 4) is 11.4 Å². The van der Waals surface area contributed by atoms with E-state index in [2.05, 4.69) is 51.2 Å². The van der Waals surface area contributed by atoms with Gasteiger partial charge in [0.25, 0.3) is 5.56 Å². The number of piperidine rings is 1. The molecule has 8 rings (SSSR count). The molecule has 4 atom stereocenters. The fourth-order valence-electron chi connectivity index (χ4n) is 7.74. The predicted octanol–water partition coefficient (Wildman–Crippen LogP) is 6.64. The number of nitrogens with one attached hydrogen (secondary N) is 4. The molecule has 3 fully saturated rings. The summed E-state index contributed by atoms with van der Waals surface area (Å²) in [5, 5.41) is 14.0. The SMILES string of the molecule is COc1cc(CSc2cnc(N[C@H]3CC[C@H](Nc4ccc(N5CCCCC5=O)cn4)C3)nc2)c(=O)n(-c2ccc(N[C@H]3CC[C@H](Nc4ncc(SC)cn4)C3)nc2)c1. The highest BCUT2D eigenvalue weighted by Gasteiger charge is 2.27. The zero-order valence-corrected chi connectivity index (χ0v) is 34.3. The minimum Gasteiger partial charge on any atom is -0.495 e. The van der Waals surface area contributed by atoms with Gasteiger partial charge in [-0.1, -0.05) is 0 Å². The van der Waals surface area contributed by atoms with Crippen LogP contribution in [0.3, 0.4) is 0 Å². The molecule has 302 valence electrons. The van der Waals surface area contributed by atoms with E-state index in [0.717, 1.165) is 85.0 Å². The van der Waals surface area contributed by atoms with Crippen molar-refractivity contribution in [3.05, 3.63) is 89.6 Å². The van der Waals surface area contributed by atoms with Crippen molar-refractivity contribution in [2.24, 2.45) is 0 Å². The standard InChI is InChI=1S/C41H48N12O3S2/c1-56-33-15-26(39(55)53(24-33)32-11-13-37(43-19-32)49-28-6-8-29(16-28)50-40-44-20-34(57-2)21-45-40)25-58-35-22-46-41(47-23-35)51-30-9-7-27(17-30)48-36-12-10-31(18-42-36)52-14-4-3-5-38(52)54/h10-13,15,18-24,27-30H,3-9,14,16-17,25H2,1-2H3,(H,42,48)(H,43,49)(H,44,45,50)(H,46,47,51)/t27-,28-,29-,30-/m0/s1. The molecule has 0 aromatic carbocycles. The largest absolute Gasteiger partial charge is 0.495 e. The molecule has 0 bridgehead atoms. The predicted molar refractivity (Wildman–Crippen MR) is 230 cm³/mol. The molecule has 2 saturated carbocycles. The van der Waals surface area contributed by atoms with Gasteiger partial charge in [0.2, 0.25) is 17.8 Å². The first-order chi connectivity index (χ1) is 28.4. The van der Waals surface area contributed by atoms with Gasteiger partial charge in [0.15, 0.2) is 0 Å². The van der Waals surface area contributed by atoms with Gasteiger partial charge in [-0.2, -0.15) is 0 Å². The van der Waals surface area contributed by atoms with Crippen molar-refractivity contribution < 1.29 is 9.53 Å². The molecule has 1 saturated heterocycles. The summed E-state index contributed by atoms with van der Waals surface area (Å²) >= 11 is 3.12. The number of carbonyl (C=O) groups is 1. The van der Waals surface area contributed by atoms with E-state index < -0.39 is 0 Å². The maximum atomic E-state index is 13.7. The topological polar surface area (TPSA) is 177 Å². The molecule has 1 aliphatic heterocycles. The van der Waals surface area contributed by atoms with Crippen molar-refractivity contribution in [1.82, 2.24) is 34.5 Å². The number of hydrogen-bond acceptors (Lipinski definition) is 15. The molecule has 3 aliphatic rings. The van der Waals surface area contributed by atoms with Crippen LogP contribution in [0.1, 0.15) is 63.4 Å². The van der Waals surface area contributed by atoms with E-state index in [1.165, 1.54) is 11.8 Å². The number of methoxy groups -OCH3 is 1. The number of hydrogen-bond donors (Lipinski definition) is 4. The first-order valence-electron chi connectivity index (χ1n) is 19.8. The van der Waals surface area contributed by atoms with E-state index >= 15 is 0 Å². The lowest BCUT2D eigenvalue weighted by Crippen LogP contribution is -2.35. The fraction of sp³-hybridized carbons (Fsp3) is 0.415. The maximum Gasteiger partial charge on any atom is 0.259 e. The van der Waals surface area contributed by atoms with Crippen molar-refractivity contribution in [2.75, 3.05) is 46.1 Å². The third-order valence-electron chi connectivity index (χ3n) is 10.8. The quantitative estimate of drug-likeness (QED) is 0.0827. The number of rotatable bonds is 15. The molecule has 17 heteroatoms. The Kier molecular flexibility index (Phi) is 12.5. The van der Waals surface area contributed by atoms with Crippen LogP contribution in [0.2, 0.25) is 0 Å². The molecule has 0 spiro atoms. The van der Waals surface area contributed by atoms with Crippen molar-refractivity contribution in [1.29, 1.82) is 0 Å². The molecule has 15 nitrogen and oxygen atoms in total. The second kappa shape index (κ2) is 18.4. The number of ether oxygens (including phenoxy) is 1. The van der Waals surface area contributed by atoms with Crippen LogP contribution in [-0.2, 0) is 10.5 Å². The number of aromatic nitrogens is 7. The summed E-state index contributed by atoms with van der Waals surface area (Å²) in [4.78, 5) is 56.9. The van der Waals surface area contributed by atoms with Crippen LogP contribution in [0.15, 0.2) is 88.3 Å². The maximum absolute atomic E-state index is 13.7. The summed E-state index contributed by atoms with van der Waals surface area (Å²) in [5.74, 6) is 3.97. The summed E-state index contributed by atoms with van der Waals surface area (Å²) in [5.41, 5.74) is 1.97. The Labute approximate surface area is 346 Å². The zero-order chi connectivity index (χ0) is 39.8. The smallest absolute Gasteiger partial charge is 0.259 e. The van der Waals surface area contributed by atoms with E-state index in [0.29, 0.717) is 41.1 Å². The molecule has 0 radical (unpaired) electrons. The fourth-order valence-corrected chi connectivity index (χ4v) is 8.84. The lowest BCUT2D eigenvalue weighted by atomic mass is 10.1. The van der Waals surface area contributed by atoms with E-state index in [-0.39, 0.29) is 35.6 Å². The van der Waals surface area contributed by atoms with Gasteiger partial charge < -0.3 is 30.9 Å². The Morgan fingerprint density at radius 1 is 0.707 bits per heavy atom. The Hall–Kier alpha value is -5.42. The number of anilines is 5. The Bertz CT molecular complexity index is 2210. The highest BCUT2D eigenvalue weighted by atomic mass is 32.2. The summed E-state index contributed by atoms with van der Waals surface area (Å²) in [6.07, 6.45) is 22.9. The van der Waals surface area contributed by atoms with Crippen LogP contribution in [-0.4, -0.2) is 84.5 Å². The number of thioether (sulfide) groups is 2. The third-order valence-corrected chi connectivity index (χ3v) is 12.5. The molecule has 4 N–H and O–H groups in total. The Morgan fingerprint density at radius 3 is 1.81 bits per heavy atom. The molecule has 58 heavy (non-hydrogen) atoms. The van der Waals surface area contributed by atoms with Gasteiger partial charge in [-0.25, -0.2) is 29.9 Å². The average Bonchev–Trinajstić information content (AvgIpc) is 3.90. The van der Waals surface area contributed by atoms with Crippen LogP contribution in [0.25, 0.3) is 5.69 Å². The first-order valence-corrected chi connectivity index (χ1v) is 22.0. The van der Waals surface area contributed by atoms with Gasteiger partial charge in [-0.05, 0) is 88.0 Å². The number of nitrogens with zero attached hydrogens (tertiary/aromatic N) is 8. The molecule has 5 aromatic heterocycles. The van der Waals surface area contributed by atoms with Crippen LogP contribution in [0.4, 0.5) is 29.2 Å². The number of carbonyl (C=O) groups excluding carboxylic acids is 1. The molecule has 0 unspecified atom stereocenters. The van der Waals surface area contributed by atoms with Crippen LogP contribution >= 0.6 is 23.5 Å². The van der Waals surface area contributed by atoms with E-state index in [1.807, 2.05) is 47.8 Å².